The van der Waals surface area contributed by atoms with Gasteiger partial charge in [-0.25, -0.2) is 18.7 Å². The Labute approximate surface area is 165 Å². The van der Waals surface area contributed by atoms with Crippen LogP contribution in [-0.2, 0) is 19.6 Å². The predicted molar refractivity (Wildman–Crippen MR) is 101 cm³/mol. The Kier molecular flexibility index (Phi) is 6.75. The maximum atomic E-state index is 13.0. The summed E-state index contributed by atoms with van der Waals surface area (Å²) in [7, 11) is -3.76. The van der Waals surface area contributed by atoms with E-state index < -0.39 is 22.2 Å². The zero-order valence-corrected chi connectivity index (χ0v) is 16.9. The van der Waals surface area contributed by atoms with Crippen LogP contribution in [0.15, 0.2) is 23.1 Å². The van der Waals surface area contributed by atoms with Gasteiger partial charge < -0.3 is 4.74 Å². The average Bonchev–Trinajstić information content (AvgIpc) is 2.67. The summed E-state index contributed by atoms with van der Waals surface area (Å²) in [5, 5.41) is 0.0984. The second kappa shape index (κ2) is 8.87. The molecule has 0 spiro atoms. The van der Waals surface area contributed by atoms with Gasteiger partial charge in [-0.2, -0.15) is 4.31 Å². The monoisotopic (exact) mass is 416 g/mol. The maximum absolute atomic E-state index is 13.0. The van der Waals surface area contributed by atoms with Gasteiger partial charge in [0.15, 0.2) is 6.29 Å². The van der Waals surface area contributed by atoms with Gasteiger partial charge in [-0.3, -0.25) is 4.79 Å². The van der Waals surface area contributed by atoms with Crippen molar-refractivity contribution in [3.05, 3.63) is 28.8 Å². The molecule has 0 aliphatic carbocycles. The largest absolute Gasteiger partial charge is 0.350 e. The molecule has 9 heteroatoms. The third kappa shape index (κ3) is 5.00. The number of carbonyl (C=O) groups is 1. The van der Waals surface area contributed by atoms with E-state index in [2.05, 4.69) is 5.48 Å². The third-order valence-corrected chi connectivity index (χ3v) is 7.20. The summed E-state index contributed by atoms with van der Waals surface area (Å²) in [5.74, 6) is -0.244. The zero-order valence-electron chi connectivity index (χ0n) is 15.3. The number of hydrogen-bond donors (Lipinski definition) is 1. The lowest BCUT2D eigenvalue weighted by Gasteiger charge is -2.30. The summed E-state index contributed by atoms with van der Waals surface area (Å²) in [6, 6.07) is 4.20. The topological polar surface area (TPSA) is 84.9 Å². The number of carbonyl (C=O) groups excluding carboxylic acids is 1. The minimum atomic E-state index is -3.76. The molecule has 1 aromatic carbocycles. The standard InChI is InChI=1S/C18H25ClN2O5S/c1-13-5-4-9-21(12-13)27(23,24)16-11-14(7-8-15(16)19)18(22)20-26-17-6-2-3-10-25-17/h7-8,11,13,17H,2-6,9-10,12H2,1H3,(H,20,22). The van der Waals surface area contributed by atoms with Gasteiger partial charge in [-0.05, 0) is 49.8 Å². The van der Waals surface area contributed by atoms with Crippen molar-refractivity contribution < 1.29 is 22.8 Å². The van der Waals surface area contributed by atoms with Gasteiger partial charge in [0.05, 0.1) is 5.02 Å². The molecule has 2 aliphatic rings. The van der Waals surface area contributed by atoms with Crippen molar-refractivity contribution in [3.8, 4) is 0 Å². The van der Waals surface area contributed by atoms with E-state index in [0.29, 0.717) is 32.0 Å². The Morgan fingerprint density at radius 2 is 2.11 bits per heavy atom. The smallest absolute Gasteiger partial charge is 0.274 e. The Bertz CT molecular complexity index is 780. The highest BCUT2D eigenvalue weighted by atomic mass is 35.5. The number of hydroxylamine groups is 1. The van der Waals surface area contributed by atoms with Crippen LogP contribution in [0, 0.1) is 5.92 Å². The Balaban J connectivity index is 1.74. The van der Waals surface area contributed by atoms with Gasteiger partial charge >= 0.3 is 0 Å². The van der Waals surface area contributed by atoms with Crippen molar-refractivity contribution in [3.63, 3.8) is 0 Å². The molecule has 1 aromatic rings. The molecule has 2 unspecified atom stereocenters. The molecule has 2 saturated heterocycles. The molecule has 0 saturated carbocycles. The second-order valence-corrected chi connectivity index (χ2v) is 9.41. The number of sulfonamides is 1. The Morgan fingerprint density at radius 3 is 2.81 bits per heavy atom. The summed E-state index contributed by atoms with van der Waals surface area (Å²) in [6.45, 7) is 3.54. The van der Waals surface area contributed by atoms with Crippen LogP contribution in [0.3, 0.4) is 0 Å². The van der Waals surface area contributed by atoms with E-state index >= 15 is 0 Å². The molecule has 0 bridgehead atoms. The molecule has 7 nitrogen and oxygen atoms in total. The number of benzene rings is 1. The summed E-state index contributed by atoms with van der Waals surface area (Å²) >= 11 is 6.15. The first-order chi connectivity index (χ1) is 12.9. The van der Waals surface area contributed by atoms with E-state index in [1.807, 2.05) is 6.92 Å². The molecule has 3 rings (SSSR count). The number of hydrogen-bond acceptors (Lipinski definition) is 5. The molecule has 0 aromatic heterocycles. The highest BCUT2D eigenvalue weighted by molar-refractivity contribution is 7.89. The van der Waals surface area contributed by atoms with Crippen LogP contribution in [0.25, 0.3) is 0 Å². The minimum Gasteiger partial charge on any atom is -0.350 e. The SMILES string of the molecule is CC1CCCN(S(=O)(=O)c2cc(C(=O)NOC3CCCCO3)ccc2Cl)C1. The fraction of sp³-hybridized carbons (Fsp3) is 0.611. The van der Waals surface area contributed by atoms with Crippen LogP contribution < -0.4 is 5.48 Å². The minimum absolute atomic E-state index is 0.0557. The van der Waals surface area contributed by atoms with Gasteiger partial charge in [-0.1, -0.05) is 18.5 Å². The zero-order chi connectivity index (χ0) is 19.4. The van der Waals surface area contributed by atoms with Crippen LogP contribution in [0.5, 0.6) is 0 Å². The van der Waals surface area contributed by atoms with Crippen LogP contribution in [-0.4, -0.2) is 44.6 Å². The average molecular weight is 417 g/mol. The summed E-state index contributed by atoms with van der Waals surface area (Å²) in [4.78, 5) is 17.6. The van der Waals surface area contributed by atoms with Crippen LogP contribution in [0.1, 0.15) is 49.4 Å². The highest BCUT2D eigenvalue weighted by Gasteiger charge is 2.31. The van der Waals surface area contributed by atoms with Gasteiger partial charge in [0.2, 0.25) is 10.0 Å². The molecule has 1 amide bonds. The predicted octanol–water partition coefficient (Wildman–Crippen LogP) is 2.95. The highest BCUT2D eigenvalue weighted by Crippen LogP contribution is 2.29. The fourth-order valence-corrected chi connectivity index (χ4v) is 5.43. The van der Waals surface area contributed by atoms with Gasteiger partial charge in [-0.15, -0.1) is 0 Å². The van der Waals surface area contributed by atoms with Crippen molar-refractivity contribution in [1.29, 1.82) is 0 Å². The first kappa shape index (κ1) is 20.5. The third-order valence-electron chi connectivity index (χ3n) is 4.85. The quantitative estimate of drug-likeness (QED) is 0.746. The Hall–Kier alpha value is -1.19. The molecule has 2 atom stereocenters. The first-order valence-corrected chi connectivity index (χ1v) is 11.1. The Morgan fingerprint density at radius 1 is 1.30 bits per heavy atom. The lowest BCUT2D eigenvalue weighted by Crippen LogP contribution is -2.39. The van der Waals surface area contributed by atoms with Crippen LogP contribution in [0.4, 0.5) is 0 Å². The van der Waals surface area contributed by atoms with Crippen LogP contribution in [0.2, 0.25) is 5.02 Å². The summed E-state index contributed by atoms with van der Waals surface area (Å²) < 4.78 is 32.8. The number of amides is 1. The van der Waals surface area contributed by atoms with E-state index in [0.717, 1.165) is 25.7 Å². The summed E-state index contributed by atoms with van der Waals surface area (Å²) in [5.41, 5.74) is 2.50. The maximum Gasteiger partial charge on any atom is 0.274 e. The summed E-state index contributed by atoms with van der Waals surface area (Å²) in [6.07, 6.45) is 3.98. The van der Waals surface area contributed by atoms with Gasteiger partial charge in [0, 0.05) is 31.7 Å². The van der Waals surface area contributed by atoms with E-state index in [-0.39, 0.29) is 15.5 Å². The van der Waals surface area contributed by atoms with Gasteiger partial charge in [0.25, 0.3) is 5.91 Å². The normalized spacial score (nSPS) is 24.5. The van der Waals surface area contributed by atoms with Crippen molar-refractivity contribution >= 4 is 27.5 Å². The number of halogens is 1. The van der Waals surface area contributed by atoms with Gasteiger partial charge in [0.1, 0.15) is 4.90 Å². The molecule has 150 valence electrons. The van der Waals surface area contributed by atoms with Crippen molar-refractivity contribution in [1.82, 2.24) is 9.79 Å². The molecule has 2 heterocycles. The molecule has 2 aliphatic heterocycles. The number of ether oxygens (including phenoxy) is 1. The second-order valence-electron chi connectivity index (χ2n) is 7.10. The molecule has 0 radical (unpaired) electrons. The van der Waals surface area contributed by atoms with E-state index in [4.69, 9.17) is 21.2 Å². The van der Waals surface area contributed by atoms with Crippen molar-refractivity contribution in [2.24, 2.45) is 5.92 Å². The first-order valence-electron chi connectivity index (χ1n) is 9.25. The number of piperidine rings is 1. The lowest BCUT2D eigenvalue weighted by molar-refractivity contribution is -0.186. The lowest BCUT2D eigenvalue weighted by atomic mass is 10.0. The molecule has 1 N–H and O–H groups in total. The van der Waals surface area contributed by atoms with Crippen molar-refractivity contribution in [2.45, 2.75) is 50.2 Å². The number of nitrogens with zero attached hydrogens (tertiary/aromatic N) is 1. The molecular formula is C18H25ClN2O5S. The number of rotatable bonds is 5. The molecular weight excluding hydrogens is 392 g/mol. The van der Waals surface area contributed by atoms with E-state index in [9.17, 15) is 13.2 Å². The van der Waals surface area contributed by atoms with Crippen LogP contribution >= 0.6 is 11.6 Å². The van der Waals surface area contributed by atoms with Crippen molar-refractivity contribution in [2.75, 3.05) is 19.7 Å². The fourth-order valence-electron chi connectivity index (χ4n) is 3.33. The van der Waals surface area contributed by atoms with E-state index in [1.165, 1.54) is 22.5 Å². The van der Waals surface area contributed by atoms with E-state index in [1.54, 1.807) is 0 Å². The number of nitrogens with one attached hydrogen (secondary N) is 1. The molecule has 2 fully saturated rings. The molecule has 27 heavy (non-hydrogen) atoms.